The van der Waals surface area contributed by atoms with Gasteiger partial charge in [-0.1, -0.05) is 24.3 Å². The molecule has 1 amide bonds. The first-order valence-corrected chi connectivity index (χ1v) is 11.5. The molecule has 4 aromatic heterocycles. The van der Waals surface area contributed by atoms with Crippen LogP contribution in [0, 0.1) is 0 Å². The third-order valence-electron chi connectivity index (χ3n) is 6.68. The number of aromatic amines is 1. The van der Waals surface area contributed by atoms with Crippen LogP contribution in [0.3, 0.4) is 0 Å². The number of para-hydroxylation sites is 1. The highest BCUT2D eigenvalue weighted by molar-refractivity contribution is 5.85. The fraction of sp³-hybridized carbons (Fsp3) is 0.231. The molecule has 0 bridgehead atoms. The molecule has 1 saturated heterocycles. The van der Waals surface area contributed by atoms with Gasteiger partial charge in [0.1, 0.15) is 22.9 Å². The second kappa shape index (κ2) is 8.30. The largest absolute Gasteiger partial charge is 0.382 e. The highest BCUT2D eigenvalue weighted by Gasteiger charge is 2.27. The lowest BCUT2D eigenvalue weighted by atomic mass is 9.95. The van der Waals surface area contributed by atoms with Crippen LogP contribution < -0.4 is 5.73 Å². The van der Waals surface area contributed by atoms with Crippen LogP contribution >= 0.6 is 0 Å². The number of likely N-dealkylation sites (tertiary alicyclic amines) is 1. The Morgan fingerprint density at radius 1 is 1.12 bits per heavy atom. The van der Waals surface area contributed by atoms with Gasteiger partial charge in [0, 0.05) is 48.5 Å². The fourth-order valence-corrected chi connectivity index (χ4v) is 4.86. The second-order valence-corrected chi connectivity index (χ2v) is 8.85. The second-order valence-electron chi connectivity index (χ2n) is 8.85. The van der Waals surface area contributed by atoms with Gasteiger partial charge in [-0.05, 0) is 36.6 Å². The SMILES string of the molecule is Nc1nc(-c2cc3ccccc3[nH]2)cn2c(C3CCN(C(=O)Cc4cccnc4)CC3)ncc12. The van der Waals surface area contributed by atoms with Crippen LogP contribution in [-0.2, 0) is 11.2 Å². The Labute approximate surface area is 196 Å². The number of amides is 1. The molecule has 0 spiro atoms. The van der Waals surface area contributed by atoms with Crippen LogP contribution in [0.4, 0.5) is 5.82 Å². The van der Waals surface area contributed by atoms with Crippen molar-refractivity contribution in [1.29, 1.82) is 0 Å². The first kappa shape index (κ1) is 20.4. The molecular formula is C26H25N7O. The van der Waals surface area contributed by atoms with Gasteiger partial charge in [-0.15, -0.1) is 0 Å². The zero-order valence-electron chi connectivity index (χ0n) is 18.7. The van der Waals surface area contributed by atoms with E-state index in [0.29, 0.717) is 25.3 Å². The van der Waals surface area contributed by atoms with Gasteiger partial charge in [0.15, 0.2) is 0 Å². The molecule has 1 aliphatic heterocycles. The van der Waals surface area contributed by atoms with E-state index in [4.69, 9.17) is 10.7 Å². The Morgan fingerprint density at radius 2 is 1.97 bits per heavy atom. The lowest BCUT2D eigenvalue weighted by Gasteiger charge is -2.31. The van der Waals surface area contributed by atoms with E-state index in [-0.39, 0.29) is 11.8 Å². The van der Waals surface area contributed by atoms with E-state index >= 15 is 0 Å². The number of aromatic nitrogens is 5. The molecule has 1 fully saturated rings. The van der Waals surface area contributed by atoms with Gasteiger partial charge in [0.05, 0.1) is 18.3 Å². The average molecular weight is 452 g/mol. The Morgan fingerprint density at radius 3 is 2.76 bits per heavy atom. The van der Waals surface area contributed by atoms with Crippen molar-refractivity contribution < 1.29 is 4.79 Å². The molecule has 8 nitrogen and oxygen atoms in total. The number of carbonyl (C=O) groups excluding carboxylic acids is 1. The summed E-state index contributed by atoms with van der Waals surface area (Å²) in [5.74, 6) is 1.83. The number of nitrogens with one attached hydrogen (secondary N) is 1. The molecular weight excluding hydrogens is 426 g/mol. The van der Waals surface area contributed by atoms with Gasteiger partial charge >= 0.3 is 0 Å². The average Bonchev–Trinajstić information content (AvgIpc) is 3.49. The topological polar surface area (TPSA) is 105 Å². The number of nitrogen functional groups attached to an aromatic ring is 1. The van der Waals surface area contributed by atoms with Crippen molar-refractivity contribution in [1.82, 2.24) is 29.2 Å². The number of hydrogen-bond acceptors (Lipinski definition) is 5. The molecule has 0 atom stereocenters. The zero-order valence-corrected chi connectivity index (χ0v) is 18.7. The monoisotopic (exact) mass is 451 g/mol. The summed E-state index contributed by atoms with van der Waals surface area (Å²) in [5, 5.41) is 1.13. The summed E-state index contributed by atoms with van der Waals surface area (Å²) in [6, 6.07) is 14.0. The Bertz CT molecular complexity index is 1450. The lowest BCUT2D eigenvalue weighted by Crippen LogP contribution is -2.39. The Balaban J connectivity index is 1.23. The number of anilines is 1. The molecule has 34 heavy (non-hydrogen) atoms. The minimum absolute atomic E-state index is 0.147. The summed E-state index contributed by atoms with van der Waals surface area (Å²) in [4.78, 5) is 31.6. The molecule has 1 aromatic carbocycles. The Hall–Kier alpha value is -4.20. The first-order valence-electron chi connectivity index (χ1n) is 11.5. The number of piperidine rings is 1. The number of pyridine rings is 1. The number of benzene rings is 1. The third-order valence-corrected chi connectivity index (χ3v) is 6.68. The molecule has 5 aromatic rings. The molecule has 0 saturated carbocycles. The first-order chi connectivity index (χ1) is 16.7. The molecule has 0 radical (unpaired) electrons. The number of hydrogen-bond donors (Lipinski definition) is 2. The minimum Gasteiger partial charge on any atom is -0.382 e. The maximum atomic E-state index is 12.7. The third kappa shape index (κ3) is 3.67. The van der Waals surface area contributed by atoms with Crippen molar-refractivity contribution in [2.45, 2.75) is 25.2 Å². The quantitative estimate of drug-likeness (QED) is 0.432. The van der Waals surface area contributed by atoms with Gasteiger partial charge in [-0.2, -0.15) is 0 Å². The molecule has 5 heterocycles. The molecule has 6 rings (SSSR count). The summed E-state index contributed by atoms with van der Waals surface area (Å²) < 4.78 is 2.07. The number of carbonyl (C=O) groups is 1. The van der Waals surface area contributed by atoms with Crippen molar-refractivity contribution in [2.24, 2.45) is 0 Å². The number of imidazole rings is 1. The van der Waals surface area contributed by atoms with E-state index in [9.17, 15) is 4.79 Å². The van der Waals surface area contributed by atoms with Crippen molar-refractivity contribution in [2.75, 3.05) is 18.8 Å². The smallest absolute Gasteiger partial charge is 0.227 e. The highest BCUT2D eigenvalue weighted by atomic mass is 16.2. The van der Waals surface area contributed by atoms with Crippen molar-refractivity contribution in [3.8, 4) is 11.4 Å². The maximum Gasteiger partial charge on any atom is 0.227 e. The summed E-state index contributed by atoms with van der Waals surface area (Å²) in [6.45, 7) is 1.43. The van der Waals surface area contributed by atoms with Gasteiger partial charge in [0.2, 0.25) is 5.91 Å². The number of rotatable bonds is 4. The standard InChI is InChI=1S/C26H25N7O/c27-25-23-15-29-26(18-7-10-32(11-8-18)24(34)12-17-4-3-9-28-14-17)33(23)16-22(31-25)21-13-19-5-1-2-6-20(19)30-21/h1-6,9,13-16,18,30H,7-8,10-12H2,(H2,27,31). The van der Waals surface area contributed by atoms with Gasteiger partial charge in [0.25, 0.3) is 0 Å². The van der Waals surface area contributed by atoms with Crippen LogP contribution in [0.5, 0.6) is 0 Å². The number of nitrogens with two attached hydrogens (primary N) is 1. The predicted molar refractivity (Wildman–Crippen MR) is 131 cm³/mol. The number of H-pyrrole nitrogens is 1. The van der Waals surface area contributed by atoms with Crippen LogP contribution in [0.2, 0.25) is 0 Å². The maximum absolute atomic E-state index is 12.7. The normalized spacial score (nSPS) is 14.8. The Kier molecular flexibility index (Phi) is 4.98. The molecule has 170 valence electrons. The summed E-state index contributed by atoms with van der Waals surface area (Å²) in [5.41, 5.74) is 10.8. The van der Waals surface area contributed by atoms with E-state index in [2.05, 4.69) is 31.5 Å². The minimum atomic E-state index is 0.147. The van der Waals surface area contributed by atoms with E-state index in [1.165, 1.54) is 0 Å². The summed E-state index contributed by atoms with van der Waals surface area (Å²) >= 11 is 0. The van der Waals surface area contributed by atoms with Gasteiger partial charge in [-0.25, -0.2) is 9.97 Å². The zero-order chi connectivity index (χ0) is 23.1. The summed E-state index contributed by atoms with van der Waals surface area (Å²) in [7, 11) is 0. The van der Waals surface area contributed by atoms with E-state index < -0.39 is 0 Å². The fourth-order valence-electron chi connectivity index (χ4n) is 4.86. The van der Waals surface area contributed by atoms with Crippen LogP contribution in [0.1, 0.15) is 30.1 Å². The van der Waals surface area contributed by atoms with Gasteiger partial charge in [-0.3, -0.25) is 14.2 Å². The van der Waals surface area contributed by atoms with Crippen molar-refractivity contribution in [3.63, 3.8) is 0 Å². The van der Waals surface area contributed by atoms with Gasteiger partial charge < -0.3 is 15.6 Å². The molecule has 8 heteroatoms. The van der Waals surface area contributed by atoms with Crippen LogP contribution in [-0.4, -0.2) is 48.2 Å². The summed E-state index contributed by atoms with van der Waals surface area (Å²) in [6.07, 6.45) is 9.40. The van der Waals surface area contributed by atoms with E-state index in [0.717, 1.165) is 52.0 Å². The molecule has 0 aliphatic carbocycles. The number of nitrogens with zero attached hydrogens (tertiary/aromatic N) is 5. The predicted octanol–water partition coefficient (Wildman–Crippen LogP) is 3.80. The molecule has 1 aliphatic rings. The van der Waals surface area contributed by atoms with E-state index in [1.807, 2.05) is 41.4 Å². The number of fused-ring (bicyclic) bond motifs is 2. The van der Waals surface area contributed by atoms with Crippen molar-refractivity contribution in [3.05, 3.63) is 78.6 Å². The van der Waals surface area contributed by atoms with E-state index in [1.54, 1.807) is 18.6 Å². The lowest BCUT2D eigenvalue weighted by molar-refractivity contribution is -0.131. The molecule has 0 unspecified atom stereocenters. The molecule has 3 N–H and O–H groups in total. The van der Waals surface area contributed by atoms with Crippen LogP contribution in [0.15, 0.2) is 67.3 Å². The van der Waals surface area contributed by atoms with Crippen LogP contribution in [0.25, 0.3) is 27.8 Å². The van der Waals surface area contributed by atoms with Crippen molar-refractivity contribution >= 4 is 28.1 Å². The highest BCUT2D eigenvalue weighted by Crippen LogP contribution is 2.31.